The average molecular weight is 395 g/mol. The minimum atomic E-state index is -4.12. The van der Waals surface area contributed by atoms with Gasteiger partial charge in [0, 0.05) is 6.54 Å². The number of fused-ring (bicyclic) bond motifs is 1. The summed E-state index contributed by atoms with van der Waals surface area (Å²) in [6.45, 7) is -0.117. The number of nitrogens with two attached hydrogens (primary N) is 2. The van der Waals surface area contributed by atoms with Gasteiger partial charge in [0.05, 0.1) is 21.4 Å². The van der Waals surface area contributed by atoms with Crippen LogP contribution < -0.4 is 15.2 Å². The highest BCUT2D eigenvalue weighted by Gasteiger charge is 2.35. The zero-order valence-electron chi connectivity index (χ0n) is 13.6. The van der Waals surface area contributed by atoms with Crippen LogP contribution in [-0.4, -0.2) is 29.3 Å². The van der Waals surface area contributed by atoms with E-state index in [9.17, 15) is 21.6 Å². The molecule has 1 atom stereocenters. The van der Waals surface area contributed by atoms with E-state index in [0.29, 0.717) is 17.7 Å². The summed E-state index contributed by atoms with van der Waals surface area (Å²) in [7, 11) is -8.18. The first kappa shape index (κ1) is 18.4. The molecule has 3 rings (SSSR count). The summed E-state index contributed by atoms with van der Waals surface area (Å²) in [5, 5.41) is 5.09. The van der Waals surface area contributed by atoms with Crippen molar-refractivity contribution in [2.24, 2.45) is 16.8 Å². The lowest BCUT2D eigenvalue weighted by molar-refractivity contribution is -0.121. The van der Waals surface area contributed by atoms with Gasteiger partial charge in [-0.3, -0.25) is 9.10 Å². The number of amides is 1. The van der Waals surface area contributed by atoms with Gasteiger partial charge in [-0.15, -0.1) is 0 Å². The Kier molecular flexibility index (Phi) is 4.51. The number of primary sulfonamides is 1. The van der Waals surface area contributed by atoms with Gasteiger partial charge in [0.25, 0.3) is 10.0 Å². The number of hydrogen-bond acceptors (Lipinski definition) is 5. The molecule has 0 fully saturated rings. The van der Waals surface area contributed by atoms with Crippen molar-refractivity contribution >= 4 is 31.6 Å². The first-order valence-corrected chi connectivity index (χ1v) is 10.6. The highest BCUT2D eigenvalue weighted by atomic mass is 32.2. The van der Waals surface area contributed by atoms with Crippen molar-refractivity contribution in [1.82, 2.24) is 0 Å². The van der Waals surface area contributed by atoms with Crippen LogP contribution in [0.4, 0.5) is 5.69 Å². The fourth-order valence-electron chi connectivity index (χ4n) is 2.91. The lowest BCUT2D eigenvalue weighted by Crippen LogP contribution is -2.44. The Bertz CT molecular complexity index is 1080. The second kappa shape index (κ2) is 6.38. The van der Waals surface area contributed by atoms with Crippen LogP contribution in [0.2, 0.25) is 0 Å². The number of hydrogen-bond donors (Lipinski definition) is 2. The van der Waals surface area contributed by atoms with E-state index in [-0.39, 0.29) is 16.3 Å². The number of benzene rings is 2. The number of rotatable bonds is 4. The molecule has 10 heteroatoms. The Morgan fingerprint density at radius 1 is 1.00 bits per heavy atom. The van der Waals surface area contributed by atoms with Crippen molar-refractivity contribution in [2.75, 3.05) is 10.8 Å². The van der Waals surface area contributed by atoms with Gasteiger partial charge in [0.1, 0.15) is 0 Å². The lowest BCUT2D eigenvalue weighted by atomic mass is 9.93. The first-order valence-electron chi connectivity index (χ1n) is 7.63. The van der Waals surface area contributed by atoms with Crippen molar-refractivity contribution in [3.8, 4) is 0 Å². The molecular weight excluding hydrogens is 378 g/mol. The molecule has 8 nitrogen and oxygen atoms in total. The van der Waals surface area contributed by atoms with E-state index in [1.54, 1.807) is 24.3 Å². The van der Waals surface area contributed by atoms with Crippen LogP contribution in [0.3, 0.4) is 0 Å². The number of anilines is 1. The number of sulfonamides is 2. The van der Waals surface area contributed by atoms with Crippen LogP contribution in [0.25, 0.3) is 0 Å². The molecule has 1 amide bonds. The van der Waals surface area contributed by atoms with Crippen molar-refractivity contribution < 1.29 is 21.6 Å². The maximum atomic E-state index is 13.1. The SMILES string of the molecule is NC(=O)[C@H]1Cc2ccccc2N(S(=O)(=O)c2cccc(S(N)(=O)=O)c2)C1. The molecule has 4 N–H and O–H groups in total. The van der Waals surface area contributed by atoms with Gasteiger partial charge in [0.15, 0.2) is 0 Å². The van der Waals surface area contributed by atoms with Gasteiger partial charge in [0.2, 0.25) is 15.9 Å². The molecule has 0 saturated heterocycles. The van der Waals surface area contributed by atoms with E-state index in [2.05, 4.69) is 0 Å². The second-order valence-corrected chi connectivity index (χ2v) is 9.41. The summed E-state index contributed by atoms with van der Waals surface area (Å²) in [6.07, 6.45) is 0.342. The van der Waals surface area contributed by atoms with Crippen LogP contribution in [-0.2, 0) is 31.3 Å². The van der Waals surface area contributed by atoms with Crippen molar-refractivity contribution in [3.63, 3.8) is 0 Å². The lowest BCUT2D eigenvalue weighted by Gasteiger charge is -2.34. The van der Waals surface area contributed by atoms with Crippen molar-refractivity contribution in [2.45, 2.75) is 16.2 Å². The maximum absolute atomic E-state index is 13.1. The van der Waals surface area contributed by atoms with Crippen molar-refractivity contribution in [1.29, 1.82) is 0 Å². The van der Waals surface area contributed by atoms with E-state index < -0.39 is 31.9 Å². The van der Waals surface area contributed by atoms with Gasteiger partial charge in [-0.1, -0.05) is 24.3 Å². The number of carbonyl (C=O) groups is 1. The second-order valence-electron chi connectivity index (χ2n) is 5.99. The van der Waals surface area contributed by atoms with Gasteiger partial charge in [-0.2, -0.15) is 0 Å². The van der Waals surface area contributed by atoms with Gasteiger partial charge < -0.3 is 5.73 Å². The highest BCUT2D eigenvalue weighted by Crippen LogP contribution is 2.34. The Morgan fingerprint density at radius 3 is 2.31 bits per heavy atom. The molecule has 26 heavy (non-hydrogen) atoms. The van der Waals surface area contributed by atoms with Gasteiger partial charge in [-0.05, 0) is 36.2 Å². The van der Waals surface area contributed by atoms with E-state index in [1.165, 1.54) is 18.2 Å². The monoisotopic (exact) mass is 395 g/mol. The topological polar surface area (TPSA) is 141 Å². The Hall–Kier alpha value is -2.43. The average Bonchev–Trinajstić information content (AvgIpc) is 2.60. The molecule has 0 aromatic heterocycles. The third-order valence-corrected chi connectivity index (χ3v) is 6.92. The molecule has 1 aliphatic heterocycles. The fourth-order valence-corrected chi connectivity index (χ4v) is 5.14. The van der Waals surface area contributed by atoms with E-state index >= 15 is 0 Å². The first-order chi connectivity index (χ1) is 12.1. The normalized spacial score (nSPS) is 17.6. The molecule has 138 valence electrons. The molecule has 0 bridgehead atoms. The van der Waals surface area contributed by atoms with Crippen LogP contribution >= 0.6 is 0 Å². The van der Waals surface area contributed by atoms with Gasteiger partial charge in [-0.25, -0.2) is 22.0 Å². The van der Waals surface area contributed by atoms with Crippen LogP contribution in [0, 0.1) is 5.92 Å². The number of nitrogens with zero attached hydrogens (tertiary/aromatic N) is 1. The summed E-state index contributed by atoms with van der Waals surface area (Å²) in [5.41, 5.74) is 6.50. The summed E-state index contributed by atoms with van der Waals surface area (Å²) >= 11 is 0. The number of carbonyl (C=O) groups excluding carboxylic acids is 1. The van der Waals surface area contributed by atoms with Gasteiger partial charge >= 0.3 is 0 Å². The summed E-state index contributed by atoms with van der Waals surface area (Å²) in [5.74, 6) is -1.28. The van der Waals surface area contributed by atoms with Crippen LogP contribution in [0.1, 0.15) is 5.56 Å². The molecule has 0 saturated carbocycles. The Balaban J connectivity index is 2.13. The Morgan fingerprint density at radius 2 is 1.65 bits per heavy atom. The van der Waals surface area contributed by atoms with E-state index in [0.717, 1.165) is 10.4 Å². The zero-order valence-corrected chi connectivity index (χ0v) is 15.2. The summed E-state index contributed by atoms with van der Waals surface area (Å²) < 4.78 is 50.4. The molecule has 1 heterocycles. The third kappa shape index (κ3) is 3.30. The van der Waals surface area contributed by atoms with Crippen LogP contribution in [0.5, 0.6) is 0 Å². The molecule has 2 aromatic rings. The largest absolute Gasteiger partial charge is 0.369 e. The molecule has 0 unspecified atom stereocenters. The van der Waals surface area contributed by atoms with Crippen molar-refractivity contribution in [3.05, 3.63) is 54.1 Å². The Labute approximate surface area is 151 Å². The highest BCUT2D eigenvalue weighted by molar-refractivity contribution is 7.93. The molecule has 2 aromatic carbocycles. The predicted octanol–water partition coefficient (Wildman–Crippen LogP) is 0.187. The van der Waals surface area contributed by atoms with Crippen LogP contribution in [0.15, 0.2) is 58.3 Å². The minimum Gasteiger partial charge on any atom is -0.369 e. The fraction of sp³-hybridized carbons (Fsp3) is 0.188. The molecule has 1 aliphatic rings. The number of para-hydroxylation sites is 1. The smallest absolute Gasteiger partial charge is 0.264 e. The zero-order chi connectivity index (χ0) is 19.1. The minimum absolute atomic E-state index is 0.117. The van der Waals surface area contributed by atoms with E-state index in [4.69, 9.17) is 10.9 Å². The summed E-state index contributed by atoms with van der Waals surface area (Å²) in [4.78, 5) is 11.1. The quantitative estimate of drug-likeness (QED) is 0.760. The van der Waals surface area contributed by atoms with E-state index in [1.807, 2.05) is 0 Å². The summed E-state index contributed by atoms with van der Waals surface area (Å²) in [6, 6.07) is 11.6. The standard InChI is InChI=1S/C16H17N3O5S2/c17-16(20)12-8-11-4-1-2-7-15(11)19(10-12)26(23,24)14-6-3-5-13(9-14)25(18,21)22/h1-7,9,12H,8,10H2,(H2,17,20)(H2,18,21,22)/t12-/m0/s1. The molecule has 0 spiro atoms. The molecule has 0 radical (unpaired) electrons. The molecular formula is C16H17N3O5S2. The third-order valence-electron chi connectivity index (χ3n) is 4.24. The number of primary amides is 1. The maximum Gasteiger partial charge on any atom is 0.264 e. The molecule has 0 aliphatic carbocycles. The predicted molar refractivity (Wildman–Crippen MR) is 95.2 cm³/mol.